The van der Waals surface area contributed by atoms with Gasteiger partial charge in [-0.25, -0.2) is 0 Å². The summed E-state index contributed by atoms with van der Waals surface area (Å²) in [5.41, 5.74) is 0. The molecular formula is C6H4NS. The van der Waals surface area contributed by atoms with Gasteiger partial charge in [0.1, 0.15) is 6.20 Å². The maximum absolute atomic E-state index is 4.76. The molecule has 0 saturated heterocycles. The van der Waals surface area contributed by atoms with Gasteiger partial charge in [-0.2, -0.15) is 0 Å². The predicted molar refractivity (Wildman–Crippen MR) is 33.9 cm³/mol. The van der Waals surface area contributed by atoms with E-state index in [1.165, 1.54) is 0 Å². The van der Waals surface area contributed by atoms with Crippen LogP contribution in [0.25, 0.3) is 0 Å². The zero-order valence-electron chi connectivity index (χ0n) is 4.16. The average Bonchev–Trinajstić information content (AvgIpc) is 1.94. The molecular weight excluding hydrogens is 118 g/mol. The van der Waals surface area contributed by atoms with Gasteiger partial charge in [-0.05, 0) is 12.1 Å². The number of hydrogen-bond donors (Lipinski definition) is 0. The van der Waals surface area contributed by atoms with Crippen LogP contribution in [0.5, 0.6) is 0 Å². The summed E-state index contributed by atoms with van der Waals surface area (Å²) in [7, 11) is 0. The van der Waals surface area contributed by atoms with Gasteiger partial charge >= 0.3 is 0 Å². The first kappa shape index (κ1) is 5.38. The van der Waals surface area contributed by atoms with Gasteiger partial charge in [0.15, 0.2) is 0 Å². The second-order valence-electron chi connectivity index (χ2n) is 1.31. The summed E-state index contributed by atoms with van der Waals surface area (Å²) in [6.07, 6.45) is 4.28. The molecule has 0 saturated carbocycles. The van der Waals surface area contributed by atoms with Gasteiger partial charge in [-0.1, -0.05) is 18.3 Å². The molecule has 0 aliphatic rings. The highest BCUT2D eigenvalue weighted by Gasteiger charge is 1.68. The third-order valence-corrected chi connectivity index (χ3v) is 0.921. The van der Waals surface area contributed by atoms with Crippen LogP contribution in [0.15, 0.2) is 24.4 Å². The summed E-state index contributed by atoms with van der Waals surface area (Å²) < 4.78 is 0.648. The number of rotatable bonds is 0. The molecule has 0 spiro atoms. The standard InChI is InChI=1S/C6H4NS/c8-6-3-1-2-4-7-5-6/h1-4H. The Kier molecular flexibility index (Phi) is 1.70. The van der Waals surface area contributed by atoms with Crippen LogP contribution in [-0.2, 0) is 0 Å². The Bertz CT molecular complexity index is 199. The zero-order chi connectivity index (χ0) is 5.82. The lowest BCUT2D eigenvalue weighted by Gasteiger charge is -1.58. The summed E-state index contributed by atoms with van der Waals surface area (Å²) in [4.78, 5) is 3.72. The van der Waals surface area contributed by atoms with Gasteiger partial charge in [0, 0.05) is 6.20 Å². The Labute approximate surface area is 53.0 Å². The molecule has 1 heterocycles. The minimum absolute atomic E-state index is 0.648. The first-order valence-corrected chi connectivity index (χ1v) is 2.63. The Hall–Kier alpha value is -0.760. The number of nitrogens with zero attached hydrogens (tertiary/aromatic N) is 1. The van der Waals surface area contributed by atoms with E-state index in [9.17, 15) is 0 Å². The van der Waals surface area contributed by atoms with Gasteiger partial charge < -0.3 is 0 Å². The van der Waals surface area contributed by atoms with Crippen molar-refractivity contribution in [2.45, 2.75) is 0 Å². The molecule has 0 aliphatic heterocycles. The van der Waals surface area contributed by atoms with Crippen molar-refractivity contribution >= 4 is 12.2 Å². The van der Waals surface area contributed by atoms with Crippen molar-refractivity contribution in [2.24, 2.45) is 0 Å². The van der Waals surface area contributed by atoms with Crippen molar-refractivity contribution in [1.29, 1.82) is 0 Å². The molecule has 2 heteroatoms. The van der Waals surface area contributed by atoms with E-state index in [1.807, 2.05) is 12.1 Å². The lowest BCUT2D eigenvalue weighted by Crippen LogP contribution is -1.54. The Morgan fingerprint density at radius 3 is 3.25 bits per heavy atom. The summed E-state index contributed by atoms with van der Waals surface area (Å²) in [5.74, 6) is 0. The lowest BCUT2D eigenvalue weighted by atomic mass is 10.5. The van der Waals surface area contributed by atoms with Crippen molar-refractivity contribution in [3.05, 3.63) is 35.1 Å². The SMILES string of the molecule is S=c1[c]ncccc1. The Morgan fingerprint density at radius 2 is 2.38 bits per heavy atom. The van der Waals surface area contributed by atoms with E-state index in [0.29, 0.717) is 4.51 Å². The molecule has 1 nitrogen and oxygen atoms in total. The maximum atomic E-state index is 4.76. The van der Waals surface area contributed by atoms with Crippen molar-refractivity contribution in [2.75, 3.05) is 0 Å². The third-order valence-electron chi connectivity index (χ3n) is 0.694. The van der Waals surface area contributed by atoms with Crippen LogP contribution < -0.4 is 0 Å². The molecule has 0 bridgehead atoms. The molecule has 1 aromatic rings. The van der Waals surface area contributed by atoms with E-state index in [-0.39, 0.29) is 0 Å². The zero-order valence-corrected chi connectivity index (χ0v) is 4.98. The Balaban J connectivity index is 3.32. The molecule has 0 fully saturated rings. The fourth-order valence-electron chi connectivity index (χ4n) is 0.374. The van der Waals surface area contributed by atoms with Gasteiger partial charge in [0.25, 0.3) is 0 Å². The van der Waals surface area contributed by atoms with E-state index in [0.717, 1.165) is 0 Å². The fraction of sp³-hybridized carbons (Fsp3) is 0. The van der Waals surface area contributed by atoms with Crippen LogP contribution in [0.3, 0.4) is 0 Å². The smallest absolute Gasteiger partial charge is 0.108 e. The number of hydrogen-bond acceptors (Lipinski definition) is 2. The van der Waals surface area contributed by atoms with Crippen molar-refractivity contribution < 1.29 is 0 Å². The molecule has 0 aliphatic carbocycles. The first-order chi connectivity index (χ1) is 3.89. The molecule has 8 heavy (non-hydrogen) atoms. The van der Waals surface area contributed by atoms with E-state index in [1.54, 1.807) is 12.3 Å². The normalized spacial score (nSPS) is 8.50. The molecule has 39 valence electrons. The van der Waals surface area contributed by atoms with E-state index >= 15 is 0 Å². The highest BCUT2D eigenvalue weighted by molar-refractivity contribution is 7.71. The van der Waals surface area contributed by atoms with E-state index in [4.69, 9.17) is 12.2 Å². The molecule has 0 N–H and O–H groups in total. The van der Waals surface area contributed by atoms with Crippen molar-refractivity contribution in [1.82, 2.24) is 4.98 Å². The van der Waals surface area contributed by atoms with Gasteiger partial charge in [-0.3, -0.25) is 4.98 Å². The second kappa shape index (κ2) is 2.52. The predicted octanol–water partition coefficient (Wildman–Crippen LogP) is 1.61. The third kappa shape index (κ3) is 1.39. The second-order valence-corrected chi connectivity index (χ2v) is 1.75. The minimum Gasteiger partial charge on any atom is -0.253 e. The molecule has 0 unspecified atom stereocenters. The highest BCUT2D eigenvalue weighted by Crippen LogP contribution is 1.81. The summed E-state index contributed by atoms with van der Waals surface area (Å²) in [6.45, 7) is 0. The fourth-order valence-corrected chi connectivity index (χ4v) is 0.505. The minimum atomic E-state index is 0.648. The Morgan fingerprint density at radius 1 is 1.50 bits per heavy atom. The van der Waals surface area contributed by atoms with Crippen LogP contribution in [0.2, 0.25) is 0 Å². The highest BCUT2D eigenvalue weighted by atomic mass is 32.1. The van der Waals surface area contributed by atoms with Crippen molar-refractivity contribution in [3.8, 4) is 0 Å². The molecule has 0 amide bonds. The number of aromatic nitrogens is 1. The summed E-state index contributed by atoms with van der Waals surface area (Å²) in [5, 5.41) is 0. The molecule has 1 radical (unpaired) electrons. The molecule has 0 atom stereocenters. The molecule has 1 rings (SSSR count). The molecule has 1 aromatic heterocycles. The molecule has 0 aromatic carbocycles. The maximum Gasteiger partial charge on any atom is 0.108 e. The van der Waals surface area contributed by atoms with Crippen LogP contribution in [0, 0.1) is 10.7 Å². The quantitative estimate of drug-likeness (QED) is 0.485. The lowest BCUT2D eigenvalue weighted by molar-refractivity contribution is 1.34. The summed E-state index contributed by atoms with van der Waals surface area (Å²) in [6, 6.07) is 5.43. The van der Waals surface area contributed by atoms with Crippen LogP contribution in [0.4, 0.5) is 0 Å². The van der Waals surface area contributed by atoms with E-state index < -0.39 is 0 Å². The monoisotopic (exact) mass is 122 g/mol. The van der Waals surface area contributed by atoms with Gasteiger partial charge in [0.2, 0.25) is 0 Å². The van der Waals surface area contributed by atoms with Crippen molar-refractivity contribution in [3.63, 3.8) is 0 Å². The average molecular weight is 122 g/mol. The van der Waals surface area contributed by atoms with E-state index in [2.05, 4.69) is 11.2 Å². The van der Waals surface area contributed by atoms with Crippen LogP contribution >= 0.6 is 12.2 Å². The topological polar surface area (TPSA) is 12.9 Å². The first-order valence-electron chi connectivity index (χ1n) is 2.22. The van der Waals surface area contributed by atoms with Crippen LogP contribution in [-0.4, -0.2) is 4.98 Å². The summed E-state index contributed by atoms with van der Waals surface area (Å²) >= 11 is 4.76. The van der Waals surface area contributed by atoms with Gasteiger partial charge in [0.05, 0.1) is 4.51 Å². The van der Waals surface area contributed by atoms with Crippen LogP contribution in [0.1, 0.15) is 0 Å². The van der Waals surface area contributed by atoms with Gasteiger partial charge in [-0.15, -0.1) is 0 Å². The largest absolute Gasteiger partial charge is 0.253 e.